The molecule has 21 heavy (non-hydrogen) atoms. The molecule has 0 aliphatic heterocycles. The van der Waals surface area contributed by atoms with Gasteiger partial charge in [-0.15, -0.1) is 0 Å². The van der Waals surface area contributed by atoms with E-state index in [1.54, 1.807) is 35.5 Å². The smallest absolute Gasteiger partial charge is 0.398 e. The van der Waals surface area contributed by atoms with E-state index in [4.69, 9.17) is 27.9 Å². The minimum Gasteiger partial charge on any atom is -0.398 e. The van der Waals surface area contributed by atoms with Gasteiger partial charge in [0, 0.05) is 41.6 Å². The highest BCUT2D eigenvalue weighted by molar-refractivity contribution is 7.80. The Labute approximate surface area is 137 Å². The first kappa shape index (κ1) is 23.8. The lowest BCUT2D eigenvalue weighted by Crippen LogP contribution is -2.42. The molecule has 0 amide bonds. The molecular weight excluding hydrogens is 326 g/mol. The minimum atomic E-state index is -2.32. The van der Waals surface area contributed by atoms with Crippen LogP contribution in [0.1, 0.15) is 12.8 Å². The van der Waals surface area contributed by atoms with E-state index in [0.29, 0.717) is 6.54 Å². The maximum Gasteiger partial charge on any atom is 0.500 e. The van der Waals surface area contributed by atoms with Gasteiger partial charge in [0.15, 0.2) is 0 Å². The normalized spacial score (nSPS) is 12.0. The molecule has 0 heterocycles. The van der Waals surface area contributed by atoms with E-state index in [0.717, 1.165) is 30.7 Å². The predicted molar refractivity (Wildman–Crippen MR) is 94.2 cm³/mol. The van der Waals surface area contributed by atoms with E-state index in [1.807, 2.05) is 0 Å². The average molecular weight is 360 g/mol. The second-order valence-electron chi connectivity index (χ2n) is 4.56. The first-order valence-corrected chi connectivity index (χ1v) is 12.1. The van der Waals surface area contributed by atoms with Crippen molar-refractivity contribution in [1.29, 1.82) is 0 Å². The van der Waals surface area contributed by atoms with Gasteiger partial charge >= 0.3 is 17.4 Å². The van der Waals surface area contributed by atoms with Crippen LogP contribution in [0.25, 0.3) is 0 Å². The number of thiol groups is 1. The van der Waals surface area contributed by atoms with Crippen molar-refractivity contribution < 1.29 is 22.1 Å². The fraction of sp³-hybridized carbons (Fsp3) is 1.00. The summed E-state index contributed by atoms with van der Waals surface area (Å²) in [5, 5.41) is 0. The average Bonchev–Trinajstić information content (AvgIpc) is 2.55. The summed E-state index contributed by atoms with van der Waals surface area (Å²) in [4.78, 5) is 0. The molecule has 0 aliphatic carbocycles. The van der Waals surface area contributed by atoms with E-state index in [2.05, 4.69) is 19.2 Å². The van der Waals surface area contributed by atoms with Crippen LogP contribution in [0.15, 0.2) is 0 Å². The zero-order valence-corrected chi connectivity index (χ0v) is 17.2. The van der Waals surface area contributed by atoms with Gasteiger partial charge in [0.25, 0.3) is 0 Å². The molecular formula is C12H33NO5SSi2. The second-order valence-corrected chi connectivity index (χ2v) is 11.7. The van der Waals surface area contributed by atoms with Crippen molar-refractivity contribution in [2.45, 2.75) is 31.5 Å². The molecule has 2 N–H and O–H groups in total. The van der Waals surface area contributed by atoms with Crippen LogP contribution in [0, 0.1) is 0 Å². The molecule has 0 aromatic rings. The van der Waals surface area contributed by atoms with E-state index in [-0.39, 0.29) is 0 Å². The van der Waals surface area contributed by atoms with Crippen molar-refractivity contribution in [2.24, 2.45) is 5.73 Å². The molecule has 0 saturated heterocycles. The van der Waals surface area contributed by atoms with Gasteiger partial charge in [-0.3, -0.25) is 0 Å². The third-order valence-electron chi connectivity index (χ3n) is 3.27. The molecule has 0 bridgehead atoms. The van der Waals surface area contributed by atoms with Crippen LogP contribution in [-0.4, -0.2) is 65.2 Å². The van der Waals surface area contributed by atoms with Crippen molar-refractivity contribution >= 4 is 30.0 Å². The van der Waals surface area contributed by atoms with Gasteiger partial charge in [-0.25, -0.2) is 0 Å². The molecule has 0 radical (unpaired) electrons. The van der Waals surface area contributed by atoms with Gasteiger partial charge in [0.05, 0.1) is 0 Å². The Morgan fingerprint density at radius 3 is 1.57 bits per heavy atom. The van der Waals surface area contributed by atoms with Crippen LogP contribution < -0.4 is 5.73 Å². The monoisotopic (exact) mass is 359 g/mol. The minimum absolute atomic E-state index is 0.644. The van der Waals surface area contributed by atoms with Crippen LogP contribution in [0.2, 0.25) is 18.6 Å². The van der Waals surface area contributed by atoms with Crippen molar-refractivity contribution in [3.8, 4) is 0 Å². The molecule has 130 valence electrons. The Morgan fingerprint density at radius 1 is 0.810 bits per heavy atom. The Bertz CT molecular complexity index is 223. The standard InChI is InChI=1S/C6H17NO3Si.C6H16O2SSi/c1-8-11(9-2,10-3)6-4-5-7;1-7-10(3,8-2)6-4-5-9/h4-7H2,1-3H3;9H,4-6H2,1-3H3. The summed E-state index contributed by atoms with van der Waals surface area (Å²) in [6.07, 6.45) is 1.95. The van der Waals surface area contributed by atoms with Gasteiger partial charge in [-0.1, -0.05) is 0 Å². The van der Waals surface area contributed by atoms with Crippen molar-refractivity contribution in [3.63, 3.8) is 0 Å². The Kier molecular flexibility index (Phi) is 16.0. The van der Waals surface area contributed by atoms with E-state index in [1.165, 1.54) is 0 Å². The fourth-order valence-corrected chi connectivity index (χ4v) is 5.16. The van der Waals surface area contributed by atoms with Crippen LogP contribution in [-0.2, 0) is 22.1 Å². The van der Waals surface area contributed by atoms with E-state index < -0.39 is 17.4 Å². The molecule has 0 spiro atoms. The first-order valence-electron chi connectivity index (χ1n) is 6.99. The molecule has 6 nitrogen and oxygen atoms in total. The van der Waals surface area contributed by atoms with Crippen LogP contribution in [0.3, 0.4) is 0 Å². The van der Waals surface area contributed by atoms with Gasteiger partial charge in [-0.05, 0) is 37.7 Å². The molecule has 9 heteroatoms. The van der Waals surface area contributed by atoms with Crippen LogP contribution in [0.5, 0.6) is 0 Å². The maximum absolute atomic E-state index is 5.36. The van der Waals surface area contributed by atoms with Crippen molar-refractivity contribution in [3.05, 3.63) is 0 Å². The summed E-state index contributed by atoms with van der Waals surface area (Å²) < 4.78 is 26.1. The third kappa shape index (κ3) is 10.8. The lowest BCUT2D eigenvalue weighted by Gasteiger charge is -2.23. The second kappa shape index (κ2) is 14.2. The third-order valence-corrected chi connectivity index (χ3v) is 9.41. The lowest BCUT2D eigenvalue weighted by molar-refractivity contribution is 0.123. The fourth-order valence-electron chi connectivity index (χ4n) is 1.56. The number of hydrogen-bond donors (Lipinski definition) is 2. The molecule has 0 atom stereocenters. The first-order chi connectivity index (χ1) is 9.92. The number of nitrogens with two attached hydrogens (primary N) is 1. The summed E-state index contributed by atoms with van der Waals surface area (Å²) in [5.74, 6) is 0.912. The van der Waals surface area contributed by atoms with Gasteiger partial charge in [0.2, 0.25) is 0 Å². The SMILES string of the molecule is CO[Si](C)(CCCS)OC.CO[Si](CCCN)(OC)OC. The summed E-state index contributed by atoms with van der Waals surface area (Å²) >= 11 is 4.12. The van der Waals surface area contributed by atoms with E-state index in [9.17, 15) is 0 Å². The van der Waals surface area contributed by atoms with E-state index >= 15 is 0 Å². The highest BCUT2D eigenvalue weighted by Gasteiger charge is 2.36. The van der Waals surface area contributed by atoms with Crippen molar-refractivity contribution in [2.75, 3.05) is 47.8 Å². The molecule has 0 saturated carbocycles. The molecule has 0 aromatic heterocycles. The highest BCUT2D eigenvalue weighted by atomic mass is 32.1. The molecule has 0 aromatic carbocycles. The highest BCUT2D eigenvalue weighted by Crippen LogP contribution is 2.14. The van der Waals surface area contributed by atoms with Gasteiger partial charge in [0.1, 0.15) is 0 Å². The summed E-state index contributed by atoms with van der Waals surface area (Å²) in [6.45, 7) is 2.71. The van der Waals surface area contributed by atoms with Crippen molar-refractivity contribution in [1.82, 2.24) is 0 Å². The molecule has 0 rings (SSSR count). The zero-order valence-electron chi connectivity index (χ0n) is 14.3. The Hall–Kier alpha value is 0.544. The Morgan fingerprint density at radius 2 is 1.29 bits per heavy atom. The maximum atomic E-state index is 5.36. The quantitative estimate of drug-likeness (QED) is 0.433. The summed E-state index contributed by atoms with van der Waals surface area (Å²) in [5.41, 5.74) is 5.36. The number of rotatable bonds is 11. The topological polar surface area (TPSA) is 72.2 Å². The molecule has 0 fully saturated rings. The summed E-state index contributed by atoms with van der Waals surface area (Å²) in [7, 11) is 4.17. The lowest BCUT2D eigenvalue weighted by atomic mass is 10.5. The van der Waals surface area contributed by atoms with Crippen LogP contribution in [0.4, 0.5) is 0 Å². The molecule has 0 unspecified atom stereocenters. The number of hydrogen-bond acceptors (Lipinski definition) is 7. The molecule has 0 aliphatic rings. The zero-order chi connectivity index (χ0) is 16.8. The van der Waals surface area contributed by atoms with Gasteiger partial charge in [-0.2, -0.15) is 12.6 Å². The largest absolute Gasteiger partial charge is 0.500 e. The Balaban J connectivity index is 0. The predicted octanol–water partition coefficient (Wildman–Crippen LogP) is 1.88. The summed E-state index contributed by atoms with van der Waals surface area (Å²) in [6, 6.07) is 1.82. The van der Waals surface area contributed by atoms with Crippen LogP contribution >= 0.6 is 12.6 Å². The van der Waals surface area contributed by atoms with Gasteiger partial charge < -0.3 is 27.9 Å².